The van der Waals surface area contributed by atoms with Crippen LogP contribution >= 0.6 is 0 Å². The number of carbonyl (C=O) groups excluding carboxylic acids is 6. The molecule has 0 aliphatic carbocycles. The van der Waals surface area contributed by atoms with E-state index in [1.807, 2.05) is 60.6 Å². The first-order valence-corrected chi connectivity index (χ1v) is 15.0. The van der Waals surface area contributed by atoms with E-state index >= 15 is 0 Å². The third-order valence-corrected chi connectivity index (χ3v) is 8.21. The zero-order valence-electron chi connectivity index (χ0n) is 27.3. The highest BCUT2D eigenvalue weighted by Crippen LogP contribution is 2.42. The Labute approximate surface area is 268 Å². The maximum absolute atomic E-state index is 14.3. The van der Waals surface area contributed by atoms with Crippen LogP contribution in [-0.2, 0) is 28.7 Å². The lowest BCUT2D eigenvalue weighted by atomic mass is 9.82. The van der Waals surface area contributed by atoms with Gasteiger partial charge in [-0.1, -0.05) is 6.07 Å². The molecule has 0 saturated carbocycles. The van der Waals surface area contributed by atoms with Crippen LogP contribution in [-0.4, -0.2) is 81.3 Å². The predicted molar refractivity (Wildman–Crippen MR) is 170 cm³/mol. The fourth-order valence-electron chi connectivity index (χ4n) is 5.48. The SMILES string of the molecule is Cc1cc(C)c2c(c1)OC(c1c(C)c(C)c(C)c(C)c1C)C(OC(NCC(=O)NCC=O)NCC(=O)NCC(=O)NCC=O)C2=O. The van der Waals surface area contributed by atoms with E-state index in [-0.39, 0.29) is 38.5 Å². The van der Waals surface area contributed by atoms with Crippen molar-refractivity contribution in [3.63, 3.8) is 0 Å². The molecule has 0 spiro atoms. The topological polar surface area (TPSA) is 181 Å². The summed E-state index contributed by atoms with van der Waals surface area (Å²) in [7, 11) is 0. The maximum Gasteiger partial charge on any atom is 0.239 e. The third-order valence-electron chi connectivity index (χ3n) is 8.21. The predicted octanol–water partition coefficient (Wildman–Crippen LogP) is 0.756. The van der Waals surface area contributed by atoms with E-state index in [0.29, 0.717) is 23.9 Å². The van der Waals surface area contributed by atoms with Gasteiger partial charge >= 0.3 is 0 Å². The quantitative estimate of drug-likeness (QED) is 0.138. The van der Waals surface area contributed by atoms with Crippen molar-refractivity contribution in [2.45, 2.75) is 67.0 Å². The number of ether oxygens (including phenoxy) is 2. The monoisotopic (exact) mass is 637 g/mol. The van der Waals surface area contributed by atoms with Crippen LogP contribution in [0.2, 0.25) is 0 Å². The minimum atomic E-state index is -1.22. The molecular weight excluding hydrogens is 594 g/mol. The molecule has 13 heteroatoms. The molecule has 2 aromatic rings. The van der Waals surface area contributed by atoms with E-state index in [1.54, 1.807) is 0 Å². The number of hydrogen-bond acceptors (Lipinski definition) is 10. The van der Waals surface area contributed by atoms with Gasteiger partial charge in [0.2, 0.25) is 17.7 Å². The summed E-state index contributed by atoms with van der Waals surface area (Å²) in [5.74, 6) is -1.54. The number of rotatable bonds is 15. The van der Waals surface area contributed by atoms with Gasteiger partial charge in [0.15, 0.2) is 24.3 Å². The van der Waals surface area contributed by atoms with Crippen molar-refractivity contribution in [2.75, 3.05) is 32.7 Å². The molecule has 3 amide bonds. The number of carbonyl (C=O) groups is 6. The van der Waals surface area contributed by atoms with Gasteiger partial charge in [0.05, 0.1) is 38.3 Å². The summed E-state index contributed by atoms with van der Waals surface area (Å²) in [4.78, 5) is 72.2. The number of ketones is 1. The summed E-state index contributed by atoms with van der Waals surface area (Å²) >= 11 is 0. The number of nitrogens with one attached hydrogen (secondary N) is 5. The molecule has 0 saturated heterocycles. The summed E-state index contributed by atoms with van der Waals surface area (Å²) in [5.41, 5.74) is 8.01. The van der Waals surface area contributed by atoms with Gasteiger partial charge in [0.25, 0.3) is 0 Å². The van der Waals surface area contributed by atoms with Crippen LogP contribution in [0.25, 0.3) is 0 Å². The molecule has 1 aliphatic rings. The number of aryl methyl sites for hydroxylation is 2. The Morgan fingerprint density at radius 1 is 0.761 bits per heavy atom. The average Bonchev–Trinajstić information content (AvgIpc) is 3.01. The minimum Gasteiger partial charge on any atom is -0.482 e. The summed E-state index contributed by atoms with van der Waals surface area (Å²) < 4.78 is 13.0. The first kappa shape index (κ1) is 36.0. The van der Waals surface area contributed by atoms with E-state index in [0.717, 1.165) is 44.5 Å². The molecule has 248 valence electrons. The molecule has 3 rings (SSSR count). The molecule has 1 heterocycles. The van der Waals surface area contributed by atoms with E-state index in [1.165, 1.54) is 0 Å². The van der Waals surface area contributed by atoms with Crippen molar-refractivity contribution >= 4 is 36.1 Å². The molecular formula is C33H43N5O8. The Morgan fingerprint density at radius 2 is 1.26 bits per heavy atom. The summed E-state index contributed by atoms with van der Waals surface area (Å²) in [5, 5.41) is 12.9. The van der Waals surface area contributed by atoms with Gasteiger partial charge in [-0.2, -0.15) is 0 Å². The molecule has 3 unspecified atom stereocenters. The van der Waals surface area contributed by atoms with Crippen molar-refractivity contribution in [1.82, 2.24) is 26.6 Å². The largest absolute Gasteiger partial charge is 0.482 e. The van der Waals surface area contributed by atoms with Crippen LogP contribution in [0.4, 0.5) is 0 Å². The highest BCUT2D eigenvalue weighted by molar-refractivity contribution is 6.04. The highest BCUT2D eigenvalue weighted by atomic mass is 16.6. The molecule has 0 aromatic heterocycles. The Bertz CT molecular complexity index is 1490. The Balaban J connectivity index is 1.98. The maximum atomic E-state index is 14.3. The van der Waals surface area contributed by atoms with Gasteiger partial charge in [0, 0.05) is 5.56 Å². The molecule has 5 N–H and O–H groups in total. The molecule has 0 radical (unpaired) electrons. The van der Waals surface area contributed by atoms with Crippen LogP contribution in [0.15, 0.2) is 12.1 Å². The van der Waals surface area contributed by atoms with Crippen LogP contribution in [0.3, 0.4) is 0 Å². The lowest BCUT2D eigenvalue weighted by Crippen LogP contribution is -2.55. The van der Waals surface area contributed by atoms with Crippen molar-refractivity contribution in [1.29, 1.82) is 0 Å². The van der Waals surface area contributed by atoms with Gasteiger partial charge in [-0.05, 0) is 93.5 Å². The van der Waals surface area contributed by atoms with Gasteiger partial charge < -0.3 is 35.0 Å². The lowest BCUT2D eigenvalue weighted by molar-refractivity contribution is -0.127. The Morgan fingerprint density at radius 3 is 1.80 bits per heavy atom. The zero-order valence-corrected chi connectivity index (χ0v) is 27.3. The number of hydrogen-bond donors (Lipinski definition) is 5. The minimum absolute atomic E-state index is 0.182. The van der Waals surface area contributed by atoms with E-state index in [2.05, 4.69) is 26.6 Å². The van der Waals surface area contributed by atoms with Crippen LogP contribution in [0, 0.1) is 48.5 Å². The second-order valence-electron chi connectivity index (χ2n) is 11.3. The number of Topliss-reactive ketones (excluding diaryl/α,β-unsaturated/α-hetero) is 1. The fraction of sp³-hybridized carbons (Fsp3) is 0.455. The van der Waals surface area contributed by atoms with Gasteiger partial charge in [-0.25, -0.2) is 0 Å². The fourth-order valence-corrected chi connectivity index (χ4v) is 5.48. The molecule has 0 fully saturated rings. The number of aldehydes is 2. The van der Waals surface area contributed by atoms with E-state index in [4.69, 9.17) is 9.47 Å². The van der Waals surface area contributed by atoms with Crippen LogP contribution in [0.5, 0.6) is 5.75 Å². The Kier molecular flexibility index (Phi) is 12.7. The molecule has 13 nitrogen and oxygen atoms in total. The summed E-state index contributed by atoms with van der Waals surface area (Å²) in [6.07, 6.45) is -2.23. The Hall–Kier alpha value is -4.46. The second-order valence-corrected chi connectivity index (χ2v) is 11.3. The van der Waals surface area contributed by atoms with Crippen molar-refractivity contribution in [3.8, 4) is 5.75 Å². The molecule has 2 aromatic carbocycles. The molecule has 3 atom stereocenters. The van der Waals surface area contributed by atoms with Crippen molar-refractivity contribution < 1.29 is 38.2 Å². The van der Waals surface area contributed by atoms with Gasteiger partial charge in [-0.15, -0.1) is 0 Å². The van der Waals surface area contributed by atoms with Crippen molar-refractivity contribution in [3.05, 3.63) is 62.2 Å². The molecule has 1 aliphatic heterocycles. The first-order chi connectivity index (χ1) is 21.8. The standard InChI is InChI=1S/C33H43N5O8/c1-17-12-18(2)28-24(13-17)45-31(29-22(6)20(4)19(3)21(5)23(29)7)32(30(28)44)46-33(37-15-26(42)35-9-11-40)38-16-27(43)36-14-25(41)34-8-10-39/h10-13,31-33,37-38H,8-9,14-16H2,1-7H3,(H,34,41)(H,35,42)(H,36,43). The normalized spacial score (nSPS) is 16.1. The lowest BCUT2D eigenvalue weighted by Gasteiger charge is -2.37. The number of fused-ring (bicyclic) bond motifs is 1. The van der Waals surface area contributed by atoms with Gasteiger partial charge in [-0.3, -0.25) is 29.8 Å². The average molecular weight is 638 g/mol. The molecule has 46 heavy (non-hydrogen) atoms. The van der Waals surface area contributed by atoms with Gasteiger partial charge in [0.1, 0.15) is 18.3 Å². The zero-order chi connectivity index (χ0) is 34.1. The second kappa shape index (κ2) is 16.2. The number of benzene rings is 2. The summed E-state index contributed by atoms with van der Waals surface area (Å²) in [6, 6.07) is 3.71. The van der Waals surface area contributed by atoms with Crippen molar-refractivity contribution in [2.24, 2.45) is 0 Å². The van der Waals surface area contributed by atoms with E-state index in [9.17, 15) is 28.8 Å². The summed E-state index contributed by atoms with van der Waals surface area (Å²) in [6.45, 7) is 12.4. The third kappa shape index (κ3) is 8.62. The smallest absolute Gasteiger partial charge is 0.239 e. The molecule has 0 bridgehead atoms. The highest BCUT2D eigenvalue weighted by Gasteiger charge is 2.43. The van der Waals surface area contributed by atoms with Crippen LogP contribution in [0.1, 0.15) is 61.0 Å². The number of amides is 3. The van der Waals surface area contributed by atoms with E-state index < -0.39 is 36.3 Å². The van der Waals surface area contributed by atoms with Crippen LogP contribution < -0.4 is 31.3 Å². The first-order valence-electron chi connectivity index (χ1n) is 15.0.